The molecular formula is C19H25ClFIN4. The van der Waals surface area contributed by atoms with Gasteiger partial charge < -0.3 is 10.6 Å². The molecule has 1 aromatic heterocycles. The zero-order valence-electron chi connectivity index (χ0n) is 14.8. The first-order valence-electron chi connectivity index (χ1n) is 8.54. The number of rotatable bonds is 8. The fourth-order valence-electron chi connectivity index (χ4n) is 2.39. The standard InChI is InChI=1S/C19H24ClFN4.HI/c1-2-22-19(24-12-10-16-8-9-18(20)25-14-16)23-11-4-6-15-5-3-7-17(21)13-15;/h3,5,7-9,13-14H,2,4,6,10-12H2,1H3,(H2,22,23,24);1H. The van der Waals surface area contributed by atoms with Gasteiger partial charge in [-0.05, 0) is 55.5 Å². The lowest BCUT2D eigenvalue weighted by Crippen LogP contribution is -2.38. The van der Waals surface area contributed by atoms with Gasteiger partial charge in [0.05, 0.1) is 0 Å². The van der Waals surface area contributed by atoms with Crippen molar-refractivity contribution in [2.45, 2.75) is 26.2 Å². The summed E-state index contributed by atoms with van der Waals surface area (Å²) in [6.45, 7) is 4.29. The van der Waals surface area contributed by atoms with Gasteiger partial charge in [0.1, 0.15) is 11.0 Å². The Bertz CT molecular complexity index is 679. The van der Waals surface area contributed by atoms with Gasteiger partial charge in [0.25, 0.3) is 0 Å². The van der Waals surface area contributed by atoms with Crippen molar-refractivity contribution in [2.75, 3.05) is 19.6 Å². The van der Waals surface area contributed by atoms with Crippen LogP contribution < -0.4 is 10.6 Å². The van der Waals surface area contributed by atoms with Crippen molar-refractivity contribution in [1.82, 2.24) is 15.6 Å². The molecule has 0 amide bonds. The Morgan fingerprint density at radius 2 is 2.00 bits per heavy atom. The summed E-state index contributed by atoms with van der Waals surface area (Å²) < 4.78 is 13.1. The van der Waals surface area contributed by atoms with E-state index in [0.29, 0.717) is 11.7 Å². The molecular weight excluding hydrogens is 466 g/mol. The summed E-state index contributed by atoms with van der Waals surface area (Å²) in [7, 11) is 0. The molecule has 0 atom stereocenters. The third-order valence-electron chi connectivity index (χ3n) is 3.62. The quantitative estimate of drug-likeness (QED) is 0.191. The predicted octanol–water partition coefficient (Wildman–Crippen LogP) is 4.22. The molecule has 7 heteroatoms. The molecule has 0 aliphatic carbocycles. The molecule has 2 rings (SSSR count). The van der Waals surface area contributed by atoms with Gasteiger partial charge in [0, 0.05) is 25.8 Å². The molecule has 0 aliphatic heterocycles. The van der Waals surface area contributed by atoms with Crippen LogP contribution in [0, 0.1) is 5.82 Å². The van der Waals surface area contributed by atoms with E-state index in [4.69, 9.17) is 11.6 Å². The minimum Gasteiger partial charge on any atom is -0.357 e. The first-order chi connectivity index (χ1) is 12.2. The zero-order valence-corrected chi connectivity index (χ0v) is 17.9. The maximum absolute atomic E-state index is 13.1. The van der Waals surface area contributed by atoms with Crippen molar-refractivity contribution in [3.05, 3.63) is 64.7 Å². The van der Waals surface area contributed by atoms with Crippen molar-refractivity contribution >= 4 is 41.5 Å². The highest BCUT2D eigenvalue weighted by atomic mass is 127. The Balaban J connectivity index is 0.00000338. The van der Waals surface area contributed by atoms with E-state index < -0.39 is 0 Å². The summed E-state index contributed by atoms with van der Waals surface area (Å²) in [4.78, 5) is 8.63. The number of guanidine groups is 1. The van der Waals surface area contributed by atoms with Crippen LogP contribution in [0.3, 0.4) is 0 Å². The minimum absolute atomic E-state index is 0. The van der Waals surface area contributed by atoms with Crippen LogP contribution in [0.5, 0.6) is 0 Å². The molecule has 0 spiro atoms. The van der Waals surface area contributed by atoms with Crippen LogP contribution >= 0.6 is 35.6 Å². The van der Waals surface area contributed by atoms with Gasteiger partial charge in [-0.1, -0.05) is 29.8 Å². The lowest BCUT2D eigenvalue weighted by molar-refractivity contribution is 0.624. The van der Waals surface area contributed by atoms with E-state index in [0.717, 1.165) is 49.4 Å². The average molecular weight is 491 g/mol. The van der Waals surface area contributed by atoms with Crippen LogP contribution in [-0.2, 0) is 12.8 Å². The smallest absolute Gasteiger partial charge is 0.191 e. The fraction of sp³-hybridized carbons (Fsp3) is 0.368. The number of benzene rings is 1. The Morgan fingerprint density at radius 3 is 2.69 bits per heavy atom. The second kappa shape index (κ2) is 12.9. The van der Waals surface area contributed by atoms with Gasteiger partial charge in [-0.2, -0.15) is 0 Å². The number of aliphatic imine (C=N–C) groups is 1. The van der Waals surface area contributed by atoms with Gasteiger partial charge in [0.15, 0.2) is 5.96 Å². The van der Waals surface area contributed by atoms with Crippen molar-refractivity contribution in [1.29, 1.82) is 0 Å². The second-order valence-corrected chi connectivity index (χ2v) is 6.05. The fourth-order valence-corrected chi connectivity index (χ4v) is 2.50. The van der Waals surface area contributed by atoms with E-state index in [-0.39, 0.29) is 29.8 Å². The minimum atomic E-state index is -0.187. The number of hydrogen-bond donors (Lipinski definition) is 2. The number of aromatic nitrogens is 1. The van der Waals surface area contributed by atoms with E-state index >= 15 is 0 Å². The Labute approximate surface area is 176 Å². The molecule has 26 heavy (non-hydrogen) atoms. The summed E-state index contributed by atoms with van der Waals surface area (Å²) in [5.41, 5.74) is 2.13. The molecule has 0 saturated carbocycles. The summed E-state index contributed by atoms with van der Waals surface area (Å²) >= 11 is 5.78. The highest BCUT2D eigenvalue weighted by Gasteiger charge is 1.99. The van der Waals surface area contributed by atoms with Crippen LogP contribution in [-0.4, -0.2) is 30.6 Å². The Kier molecular flexibility index (Phi) is 11.2. The molecule has 2 N–H and O–H groups in total. The summed E-state index contributed by atoms with van der Waals surface area (Å²) in [6.07, 6.45) is 4.32. The van der Waals surface area contributed by atoms with Crippen molar-refractivity contribution < 1.29 is 4.39 Å². The lowest BCUT2D eigenvalue weighted by Gasteiger charge is -2.11. The molecule has 4 nitrogen and oxygen atoms in total. The number of hydrogen-bond acceptors (Lipinski definition) is 2. The molecule has 0 bridgehead atoms. The first kappa shape index (κ1) is 22.6. The van der Waals surface area contributed by atoms with E-state index in [1.807, 2.05) is 19.1 Å². The predicted molar refractivity (Wildman–Crippen MR) is 117 cm³/mol. The van der Waals surface area contributed by atoms with Crippen LogP contribution in [0.15, 0.2) is 47.6 Å². The second-order valence-electron chi connectivity index (χ2n) is 5.66. The van der Waals surface area contributed by atoms with Crippen LogP contribution in [0.1, 0.15) is 24.5 Å². The van der Waals surface area contributed by atoms with Gasteiger partial charge in [0.2, 0.25) is 0 Å². The van der Waals surface area contributed by atoms with E-state index in [9.17, 15) is 4.39 Å². The topological polar surface area (TPSA) is 49.3 Å². The summed E-state index contributed by atoms with van der Waals surface area (Å²) in [5, 5.41) is 7.04. The van der Waals surface area contributed by atoms with Gasteiger partial charge in [-0.15, -0.1) is 24.0 Å². The van der Waals surface area contributed by atoms with Gasteiger partial charge >= 0.3 is 0 Å². The number of aryl methyl sites for hydroxylation is 1. The number of halogens is 3. The molecule has 0 unspecified atom stereocenters. The Hall–Kier alpha value is -1.41. The largest absolute Gasteiger partial charge is 0.357 e. The third kappa shape index (κ3) is 8.80. The molecule has 0 radical (unpaired) electrons. The zero-order chi connectivity index (χ0) is 17.9. The number of nitrogens with zero attached hydrogens (tertiary/aromatic N) is 2. The molecule has 142 valence electrons. The van der Waals surface area contributed by atoms with Gasteiger partial charge in [-0.3, -0.25) is 4.99 Å². The monoisotopic (exact) mass is 490 g/mol. The SMILES string of the molecule is CCNC(=NCCCc1cccc(F)c1)NCCc1ccc(Cl)nc1.I. The lowest BCUT2D eigenvalue weighted by atomic mass is 10.1. The van der Waals surface area contributed by atoms with E-state index in [1.54, 1.807) is 24.4 Å². The molecule has 0 saturated heterocycles. The normalized spacial score (nSPS) is 11.0. The molecule has 0 fully saturated rings. The molecule has 1 heterocycles. The van der Waals surface area contributed by atoms with Crippen LogP contribution in [0.4, 0.5) is 4.39 Å². The molecule has 1 aromatic carbocycles. The Morgan fingerprint density at radius 1 is 1.15 bits per heavy atom. The van der Waals surface area contributed by atoms with Crippen molar-refractivity contribution in [2.24, 2.45) is 4.99 Å². The average Bonchev–Trinajstić information content (AvgIpc) is 2.60. The highest BCUT2D eigenvalue weighted by Crippen LogP contribution is 2.06. The van der Waals surface area contributed by atoms with E-state index in [1.165, 1.54) is 6.07 Å². The van der Waals surface area contributed by atoms with E-state index in [2.05, 4.69) is 20.6 Å². The first-order valence-corrected chi connectivity index (χ1v) is 8.92. The van der Waals surface area contributed by atoms with Crippen molar-refractivity contribution in [3.63, 3.8) is 0 Å². The maximum atomic E-state index is 13.1. The van der Waals surface area contributed by atoms with Crippen LogP contribution in [0.25, 0.3) is 0 Å². The number of nitrogens with one attached hydrogen (secondary N) is 2. The third-order valence-corrected chi connectivity index (χ3v) is 3.85. The molecule has 0 aliphatic rings. The summed E-state index contributed by atoms with van der Waals surface area (Å²) in [5.74, 6) is 0.608. The van der Waals surface area contributed by atoms with Crippen molar-refractivity contribution in [3.8, 4) is 0 Å². The molecule has 2 aromatic rings. The summed E-state index contributed by atoms with van der Waals surface area (Å²) in [6, 6.07) is 10.5. The maximum Gasteiger partial charge on any atom is 0.191 e. The van der Waals surface area contributed by atoms with Crippen LogP contribution in [0.2, 0.25) is 5.15 Å². The number of pyridine rings is 1. The highest BCUT2D eigenvalue weighted by molar-refractivity contribution is 14.0. The van der Waals surface area contributed by atoms with Gasteiger partial charge in [-0.25, -0.2) is 9.37 Å².